The third kappa shape index (κ3) is 8.64. The molecule has 1 saturated heterocycles. The molecular weight excluding hydrogens is 861 g/mol. The van der Waals surface area contributed by atoms with E-state index in [9.17, 15) is 19.2 Å². The van der Waals surface area contributed by atoms with E-state index in [0.717, 1.165) is 54.7 Å². The summed E-state index contributed by atoms with van der Waals surface area (Å²) in [6.45, 7) is 13.2. The van der Waals surface area contributed by atoms with Gasteiger partial charge in [0.15, 0.2) is 6.04 Å². The number of carbonyl (C=O) groups is 4. The Morgan fingerprint density at radius 2 is 1.44 bits per heavy atom. The highest BCUT2D eigenvalue weighted by atomic mass is 16.5. The Bertz CT molecular complexity index is 3040. The van der Waals surface area contributed by atoms with Gasteiger partial charge in [-0.2, -0.15) is 4.79 Å². The van der Waals surface area contributed by atoms with Gasteiger partial charge >= 0.3 is 12.2 Å². The highest BCUT2D eigenvalue weighted by Crippen LogP contribution is 2.47. The molecule has 4 amide bonds. The molecule has 354 valence electrons. The van der Waals surface area contributed by atoms with Crippen LogP contribution in [-0.2, 0) is 23.8 Å². The molecule has 3 heterocycles. The smallest absolute Gasteiger partial charge is 0.453 e. The highest BCUT2D eigenvalue weighted by molar-refractivity contribution is 6.07. The number of primary amides is 1. The average Bonchev–Trinajstić information content (AvgIpc) is 3.84. The van der Waals surface area contributed by atoms with E-state index in [1.807, 2.05) is 75.1 Å². The predicted molar refractivity (Wildman–Crippen MR) is 260 cm³/mol. The molecule has 5 aromatic carbocycles. The molecule has 0 bridgehead atoms. The van der Waals surface area contributed by atoms with Crippen molar-refractivity contribution in [2.75, 3.05) is 34.5 Å². The lowest BCUT2D eigenvalue weighted by Gasteiger charge is -2.35. The summed E-state index contributed by atoms with van der Waals surface area (Å²) in [5, 5.41) is 8.20. The standard InChI is InChI=1S/C53H60N8O7/c1-28-29(2)45(28)61(50(63)46(53(4,5)6)59-52(65)68-9)30(3)47-54-39-21-17-35-24-33(15-19-37(35)43(39)56-47)34-16-20-38-36(25-34)18-22-40-44(38)57-48(55-40)41-23-31(27-66-7)26-60(41)49(62)42(58-51(64)67-8)32-13-11-10-12-14-32/h10-22,24-25,28-31,41-42,45-46H,23,26-27H2,1-9H3,(H,54,56)(H,55,57)(H,58,64)(H,59,65)/p+1/t28-,29+,30-,31-,41-,42+,45?,46+/m0/s1. The van der Waals surface area contributed by atoms with E-state index in [4.69, 9.17) is 24.2 Å². The number of nitrogens with one attached hydrogen (secondary N) is 3. The molecule has 9 rings (SSSR count). The second-order valence-electron chi connectivity index (χ2n) is 19.7. The molecule has 0 spiro atoms. The van der Waals surface area contributed by atoms with Gasteiger partial charge in [0.1, 0.15) is 17.7 Å². The molecule has 2 aromatic heterocycles. The molecule has 0 radical (unpaired) electrons. The number of imidazole rings is 2. The number of H-pyrrole nitrogens is 2. The first-order valence-corrected chi connectivity index (χ1v) is 23.4. The molecule has 15 heteroatoms. The van der Waals surface area contributed by atoms with E-state index in [-0.39, 0.29) is 35.9 Å². The average molecular weight is 922 g/mol. The van der Waals surface area contributed by atoms with E-state index < -0.39 is 29.7 Å². The zero-order chi connectivity index (χ0) is 48.2. The normalized spacial score (nSPS) is 20.7. The number of hydrogen-bond donors (Lipinski definition) is 4. The van der Waals surface area contributed by atoms with Gasteiger partial charge < -0.3 is 39.3 Å². The van der Waals surface area contributed by atoms with Crippen LogP contribution in [0, 0.1) is 23.2 Å². The van der Waals surface area contributed by atoms with Crippen molar-refractivity contribution in [1.82, 2.24) is 35.1 Å². The number of nitrogens with zero attached hydrogens (tertiary/aromatic N) is 4. The third-order valence-corrected chi connectivity index (χ3v) is 14.4. The van der Waals surface area contributed by atoms with Crippen molar-refractivity contribution in [1.29, 1.82) is 0 Å². The van der Waals surface area contributed by atoms with Gasteiger partial charge in [-0.05, 0) is 76.9 Å². The maximum absolute atomic E-state index is 14.5. The molecule has 8 atom stereocenters. The highest BCUT2D eigenvalue weighted by Gasteiger charge is 2.54. The van der Waals surface area contributed by atoms with Crippen molar-refractivity contribution in [3.05, 3.63) is 108 Å². The number of carbonyl (C=O) groups excluding carboxylic acids is 4. The lowest BCUT2D eigenvalue weighted by atomic mass is 9.85. The van der Waals surface area contributed by atoms with Gasteiger partial charge in [0.25, 0.3) is 11.8 Å². The van der Waals surface area contributed by atoms with Crippen molar-refractivity contribution >= 4 is 67.6 Å². The molecule has 5 N–H and O–H groups in total. The monoisotopic (exact) mass is 921 g/mol. The lowest BCUT2D eigenvalue weighted by molar-refractivity contribution is -0.608. The van der Waals surface area contributed by atoms with Crippen LogP contribution in [-0.4, -0.2) is 100 Å². The summed E-state index contributed by atoms with van der Waals surface area (Å²) in [4.78, 5) is 75.0. The minimum atomic E-state index is -0.947. The maximum atomic E-state index is 14.5. The van der Waals surface area contributed by atoms with Crippen LogP contribution in [0.1, 0.15) is 83.3 Å². The van der Waals surface area contributed by atoms with E-state index in [2.05, 4.69) is 77.7 Å². The second kappa shape index (κ2) is 18.3. The Labute approximate surface area is 395 Å². The first-order chi connectivity index (χ1) is 32.6. The Morgan fingerprint density at radius 3 is 2.01 bits per heavy atom. The van der Waals surface area contributed by atoms with Crippen LogP contribution < -0.4 is 10.6 Å². The topological polar surface area (TPSA) is 188 Å². The number of aromatic amines is 2. The molecule has 68 heavy (non-hydrogen) atoms. The fourth-order valence-corrected chi connectivity index (χ4v) is 10.3. The number of amides is 4. The molecule has 15 nitrogen and oxygen atoms in total. The van der Waals surface area contributed by atoms with E-state index in [1.54, 1.807) is 12.0 Å². The molecule has 1 unspecified atom stereocenters. The molecule has 1 aliphatic heterocycles. The number of rotatable bonds is 12. The maximum Gasteiger partial charge on any atom is 0.513 e. The number of ether oxygens (including phenoxy) is 3. The minimum Gasteiger partial charge on any atom is -0.453 e. The Balaban J connectivity index is 1.000. The number of nitrogens with two attached hydrogens (primary N) is 1. The number of benzene rings is 5. The summed E-state index contributed by atoms with van der Waals surface area (Å²) >= 11 is 0. The largest absolute Gasteiger partial charge is 0.513 e. The minimum absolute atomic E-state index is 0.0210. The fraction of sp³-hybridized carbons (Fsp3) is 0.396. The van der Waals surface area contributed by atoms with Gasteiger partial charge in [0.05, 0.1) is 55.0 Å². The zero-order valence-corrected chi connectivity index (χ0v) is 40.1. The molecule has 1 saturated carbocycles. The van der Waals surface area contributed by atoms with Gasteiger partial charge in [0, 0.05) is 41.8 Å². The molecule has 2 aliphatic rings. The van der Waals surface area contributed by atoms with Crippen LogP contribution in [0.5, 0.6) is 0 Å². The first kappa shape index (κ1) is 46.3. The number of quaternary nitrogens is 1. The summed E-state index contributed by atoms with van der Waals surface area (Å²) in [6, 6.07) is 27.9. The number of methoxy groups -OCH3 is 3. The fourth-order valence-electron chi connectivity index (χ4n) is 10.3. The quantitative estimate of drug-likeness (QED) is 0.0934. The molecule has 2 fully saturated rings. The first-order valence-electron chi connectivity index (χ1n) is 23.4. The Hall–Kier alpha value is -6.84. The summed E-state index contributed by atoms with van der Waals surface area (Å²) in [7, 11) is 4.28. The van der Waals surface area contributed by atoms with Crippen LogP contribution in [0.15, 0.2) is 91.0 Å². The van der Waals surface area contributed by atoms with E-state index in [1.165, 1.54) is 19.5 Å². The Kier molecular flexibility index (Phi) is 12.5. The SMILES string of the molecule is COC[C@H]1C[C@@H](c2nc3c(ccc4cc(-c5ccc6c(ccc7[nH]c([C@H](C)N(C(=O)[C@@H]([NH2+]C(=O)OC)C(C)(C)C)C8[C@@H](C)[C@H]8C)nc76)c5)ccc43)[nH]2)N(C(=O)[C@H](NC(=O)OC)c2ccccc2)C1. The van der Waals surface area contributed by atoms with Crippen molar-refractivity contribution in [3.63, 3.8) is 0 Å². The van der Waals surface area contributed by atoms with Gasteiger partial charge in [0.2, 0.25) is 0 Å². The molecular formula is C53H61N8O7+. The van der Waals surface area contributed by atoms with Crippen LogP contribution in [0.2, 0.25) is 0 Å². The number of fused-ring (bicyclic) bond motifs is 6. The van der Waals surface area contributed by atoms with Crippen molar-refractivity contribution in [3.8, 4) is 11.1 Å². The Morgan fingerprint density at radius 1 is 0.824 bits per heavy atom. The molecule has 7 aromatic rings. The zero-order valence-electron chi connectivity index (χ0n) is 40.1. The van der Waals surface area contributed by atoms with Crippen LogP contribution in [0.4, 0.5) is 9.59 Å². The van der Waals surface area contributed by atoms with Crippen molar-refractivity contribution in [2.45, 2.75) is 78.2 Å². The van der Waals surface area contributed by atoms with Crippen LogP contribution in [0.25, 0.3) is 54.7 Å². The van der Waals surface area contributed by atoms with Crippen LogP contribution in [0.3, 0.4) is 0 Å². The second-order valence-corrected chi connectivity index (χ2v) is 19.7. The number of hydrogen-bond acceptors (Lipinski definition) is 9. The summed E-state index contributed by atoms with van der Waals surface area (Å²) in [6.07, 6.45) is -0.570. The van der Waals surface area contributed by atoms with Gasteiger partial charge in [-0.25, -0.2) is 20.1 Å². The summed E-state index contributed by atoms with van der Waals surface area (Å²) in [5.74, 6) is 1.70. The van der Waals surface area contributed by atoms with Gasteiger partial charge in [-0.3, -0.25) is 9.59 Å². The van der Waals surface area contributed by atoms with Gasteiger partial charge in [-0.15, -0.1) is 0 Å². The van der Waals surface area contributed by atoms with Crippen LogP contribution >= 0.6 is 0 Å². The predicted octanol–water partition coefficient (Wildman–Crippen LogP) is 8.33. The third-order valence-electron chi connectivity index (χ3n) is 14.4. The number of likely N-dealkylation sites (tertiary alicyclic amines) is 1. The lowest BCUT2D eigenvalue weighted by Crippen LogP contribution is -2.98. The summed E-state index contributed by atoms with van der Waals surface area (Å²) in [5.41, 5.74) is 5.62. The number of alkyl carbamates (subject to hydrolysis) is 1. The van der Waals surface area contributed by atoms with Crippen molar-refractivity contribution in [2.24, 2.45) is 23.2 Å². The number of aromatic nitrogens is 4. The van der Waals surface area contributed by atoms with Gasteiger partial charge in [-0.1, -0.05) is 101 Å². The van der Waals surface area contributed by atoms with E-state index in [0.29, 0.717) is 48.6 Å². The molecule has 1 aliphatic carbocycles. The van der Waals surface area contributed by atoms with E-state index >= 15 is 0 Å². The van der Waals surface area contributed by atoms with Crippen molar-refractivity contribution < 1.29 is 38.7 Å². The summed E-state index contributed by atoms with van der Waals surface area (Å²) < 4.78 is 15.4.